The highest BCUT2D eigenvalue weighted by Crippen LogP contribution is 2.73. The van der Waals surface area contributed by atoms with Gasteiger partial charge in [-0.3, -0.25) is 9.59 Å². The van der Waals surface area contributed by atoms with Gasteiger partial charge in [-0.15, -0.1) is 0 Å². The van der Waals surface area contributed by atoms with Crippen molar-refractivity contribution in [3.63, 3.8) is 0 Å². The molecule has 2 heterocycles. The molecule has 0 aromatic carbocycles. The molecular weight excluding hydrogens is 540 g/mol. The zero-order valence-corrected chi connectivity index (χ0v) is 26.2. The molecule has 2 saturated heterocycles. The molecule has 4 N–H and O–H groups in total. The van der Waals surface area contributed by atoms with Crippen LogP contribution >= 0.6 is 0 Å². The fourth-order valence-electron chi connectivity index (χ4n) is 11.4. The maximum Gasteiger partial charge on any atom is 0.306 e. The summed E-state index contributed by atoms with van der Waals surface area (Å²) in [5.41, 5.74) is -2.21. The Labute approximate surface area is 249 Å². The second kappa shape index (κ2) is 9.87. The number of carboxylic acid groups (broad SMARTS) is 1. The fraction of sp³-hybridized carbons (Fsp3) is 0.939. The van der Waals surface area contributed by atoms with E-state index in [2.05, 4.69) is 34.6 Å². The molecule has 6 fully saturated rings. The van der Waals surface area contributed by atoms with Gasteiger partial charge >= 0.3 is 11.9 Å². The van der Waals surface area contributed by atoms with Gasteiger partial charge in [-0.05, 0) is 106 Å². The van der Waals surface area contributed by atoms with Crippen molar-refractivity contribution in [1.29, 1.82) is 0 Å². The molecule has 14 unspecified atom stereocenters. The second-order valence-corrected chi connectivity index (χ2v) is 16.2. The Hall–Kier alpha value is -1.26. The number of carboxylic acids is 1. The van der Waals surface area contributed by atoms with Crippen molar-refractivity contribution in [2.24, 2.45) is 46.3 Å². The van der Waals surface area contributed by atoms with E-state index in [1.54, 1.807) is 0 Å². The number of rotatable bonds is 5. The lowest BCUT2D eigenvalue weighted by Crippen LogP contribution is -2.63. The van der Waals surface area contributed by atoms with Crippen molar-refractivity contribution in [2.75, 3.05) is 0 Å². The highest BCUT2D eigenvalue weighted by atomic mass is 16.7. The molecule has 42 heavy (non-hydrogen) atoms. The first kappa shape index (κ1) is 30.8. The molecule has 14 atom stereocenters. The van der Waals surface area contributed by atoms with Crippen LogP contribution in [-0.2, 0) is 23.8 Å². The van der Waals surface area contributed by atoms with Crippen LogP contribution in [0.3, 0.4) is 0 Å². The smallest absolute Gasteiger partial charge is 0.306 e. The van der Waals surface area contributed by atoms with Gasteiger partial charge in [-0.1, -0.05) is 20.8 Å². The van der Waals surface area contributed by atoms with Gasteiger partial charge in [0.15, 0.2) is 5.79 Å². The number of hydrogen-bond donors (Lipinski definition) is 4. The molecule has 4 saturated carbocycles. The van der Waals surface area contributed by atoms with Crippen LogP contribution in [0, 0.1) is 46.3 Å². The average Bonchev–Trinajstić information content (AvgIpc) is 3.36. The number of hydrogen-bond acceptors (Lipinski definition) is 8. The molecule has 0 bridgehead atoms. The third kappa shape index (κ3) is 4.34. The Morgan fingerprint density at radius 3 is 2.29 bits per heavy atom. The number of carbonyl (C=O) groups excluding carboxylic acids is 1. The zero-order valence-electron chi connectivity index (χ0n) is 26.2. The minimum atomic E-state index is -1.19. The number of carbonyl (C=O) groups is 2. The van der Waals surface area contributed by atoms with Gasteiger partial charge in [0.1, 0.15) is 11.7 Å². The monoisotopic (exact) mass is 592 g/mol. The van der Waals surface area contributed by atoms with Crippen LogP contribution in [0.25, 0.3) is 0 Å². The minimum Gasteiger partial charge on any atom is -0.481 e. The van der Waals surface area contributed by atoms with E-state index in [0.29, 0.717) is 25.7 Å². The summed E-state index contributed by atoms with van der Waals surface area (Å²) in [6.45, 7) is 12.7. The molecule has 1 spiro atoms. The highest BCUT2D eigenvalue weighted by Gasteiger charge is 2.77. The number of aliphatic hydroxyl groups excluding tert-OH is 2. The largest absolute Gasteiger partial charge is 0.481 e. The highest BCUT2D eigenvalue weighted by molar-refractivity contribution is 5.71. The van der Waals surface area contributed by atoms with E-state index in [4.69, 9.17) is 19.3 Å². The minimum absolute atomic E-state index is 0.00513. The molecule has 4 aliphatic carbocycles. The van der Waals surface area contributed by atoms with Crippen LogP contribution in [0.1, 0.15) is 106 Å². The first-order valence-corrected chi connectivity index (χ1v) is 16.3. The van der Waals surface area contributed by atoms with E-state index in [0.717, 1.165) is 19.3 Å². The topological polar surface area (TPSA) is 143 Å². The van der Waals surface area contributed by atoms with Crippen LogP contribution in [0.15, 0.2) is 0 Å². The predicted molar refractivity (Wildman–Crippen MR) is 152 cm³/mol. The van der Waals surface area contributed by atoms with Gasteiger partial charge in [0.2, 0.25) is 0 Å². The SMILES string of the molecule is CC1CC2(OC3CC4C5CCC6CC(O)C(OC(=O)CCCC(=O)O)CC6(C)C5C(O)CC4(C)C3C2(C)O)OC1(C)C. The Morgan fingerprint density at radius 2 is 1.64 bits per heavy atom. The van der Waals surface area contributed by atoms with E-state index in [1.807, 2.05) is 6.92 Å². The van der Waals surface area contributed by atoms with Gasteiger partial charge in [0.25, 0.3) is 0 Å². The lowest BCUT2D eigenvalue weighted by atomic mass is 9.43. The Balaban J connectivity index is 1.23. The van der Waals surface area contributed by atoms with E-state index in [9.17, 15) is 24.9 Å². The van der Waals surface area contributed by atoms with Crippen molar-refractivity contribution >= 4 is 11.9 Å². The quantitative estimate of drug-likeness (QED) is 0.348. The summed E-state index contributed by atoms with van der Waals surface area (Å²) in [5.74, 6) is -1.64. The average molecular weight is 593 g/mol. The zero-order chi connectivity index (χ0) is 30.6. The summed E-state index contributed by atoms with van der Waals surface area (Å²) >= 11 is 0. The molecule has 238 valence electrons. The molecule has 6 aliphatic rings. The molecular formula is C33H52O9. The molecule has 6 rings (SSSR count). The number of esters is 1. The van der Waals surface area contributed by atoms with Crippen molar-refractivity contribution in [2.45, 2.75) is 147 Å². The molecule has 0 aromatic rings. The van der Waals surface area contributed by atoms with Gasteiger partial charge < -0.3 is 34.6 Å². The number of aliphatic carboxylic acids is 1. The maximum absolute atomic E-state index is 12.6. The summed E-state index contributed by atoms with van der Waals surface area (Å²) in [7, 11) is 0. The van der Waals surface area contributed by atoms with E-state index < -0.39 is 47.2 Å². The van der Waals surface area contributed by atoms with Crippen molar-refractivity contribution in [3.8, 4) is 0 Å². The maximum atomic E-state index is 12.6. The first-order valence-electron chi connectivity index (χ1n) is 16.3. The summed E-state index contributed by atoms with van der Waals surface area (Å²) in [6, 6.07) is 0. The summed E-state index contributed by atoms with van der Waals surface area (Å²) in [4.78, 5) is 23.4. The molecule has 0 amide bonds. The van der Waals surface area contributed by atoms with Crippen molar-refractivity contribution in [3.05, 3.63) is 0 Å². The van der Waals surface area contributed by atoms with Crippen molar-refractivity contribution < 1.29 is 44.2 Å². The second-order valence-electron chi connectivity index (χ2n) is 16.2. The van der Waals surface area contributed by atoms with Gasteiger partial charge in [-0.25, -0.2) is 0 Å². The van der Waals surface area contributed by atoms with Gasteiger partial charge in [0, 0.05) is 25.2 Å². The van der Waals surface area contributed by atoms with Gasteiger partial charge in [-0.2, -0.15) is 0 Å². The lowest BCUT2D eigenvalue weighted by molar-refractivity contribution is -0.300. The number of aliphatic hydroxyl groups is 3. The Morgan fingerprint density at radius 1 is 0.929 bits per heavy atom. The normalized spacial score (nSPS) is 54.1. The lowest BCUT2D eigenvalue weighted by Gasteiger charge is -2.63. The number of fused-ring (bicyclic) bond motifs is 7. The Kier molecular flexibility index (Phi) is 7.23. The first-order chi connectivity index (χ1) is 19.4. The molecule has 9 nitrogen and oxygen atoms in total. The fourth-order valence-corrected chi connectivity index (χ4v) is 11.4. The van der Waals surface area contributed by atoms with Crippen LogP contribution in [0.5, 0.6) is 0 Å². The van der Waals surface area contributed by atoms with Crippen molar-refractivity contribution in [1.82, 2.24) is 0 Å². The molecule has 9 heteroatoms. The van der Waals surface area contributed by atoms with Crippen LogP contribution in [0.4, 0.5) is 0 Å². The van der Waals surface area contributed by atoms with Gasteiger partial charge in [0.05, 0.1) is 23.9 Å². The van der Waals surface area contributed by atoms with Crippen LogP contribution < -0.4 is 0 Å². The predicted octanol–water partition coefficient (Wildman–Crippen LogP) is 4.04. The standard InChI is InChI=1S/C33H52O9/c1-17-14-33(42-29(17,2)3)32(6,39)28-23(41-33)13-20-19-11-10-18-12-21(34)24(40-26(38)9-7-8-25(36)37)16-30(18,4)27(19)22(35)15-31(20,28)5/h17-24,27-28,34-35,39H,7-16H2,1-6H3,(H,36,37). The van der Waals surface area contributed by atoms with E-state index in [1.165, 1.54) is 0 Å². The number of ether oxygens (including phenoxy) is 3. The van der Waals surface area contributed by atoms with E-state index in [-0.39, 0.29) is 71.7 Å². The molecule has 2 aliphatic heterocycles. The third-order valence-corrected chi connectivity index (χ3v) is 13.6. The molecule has 0 radical (unpaired) electrons. The van der Waals surface area contributed by atoms with Crippen LogP contribution in [-0.4, -0.2) is 73.8 Å². The van der Waals surface area contributed by atoms with Crippen LogP contribution in [0.2, 0.25) is 0 Å². The third-order valence-electron chi connectivity index (χ3n) is 13.6. The van der Waals surface area contributed by atoms with E-state index >= 15 is 0 Å². The molecule has 0 aromatic heterocycles. The Bertz CT molecular complexity index is 1110. The summed E-state index contributed by atoms with van der Waals surface area (Å²) in [6.07, 6.45) is 2.92. The summed E-state index contributed by atoms with van der Waals surface area (Å²) < 4.78 is 19.1. The summed E-state index contributed by atoms with van der Waals surface area (Å²) in [5, 5.41) is 44.2.